The summed E-state index contributed by atoms with van der Waals surface area (Å²) in [5.74, 6) is 1.23. The molecule has 0 spiro atoms. The molecule has 0 saturated heterocycles. The van der Waals surface area contributed by atoms with Gasteiger partial charge in [0.05, 0.1) is 6.61 Å². The molecule has 0 aliphatic carbocycles. The van der Waals surface area contributed by atoms with Gasteiger partial charge in [0, 0.05) is 18.8 Å². The van der Waals surface area contributed by atoms with Crippen molar-refractivity contribution in [2.24, 2.45) is 0 Å². The molecule has 0 bridgehead atoms. The summed E-state index contributed by atoms with van der Waals surface area (Å²) in [4.78, 5) is 13.3. The number of ether oxygens (including phenoxy) is 3. The first kappa shape index (κ1) is 12.5. The highest BCUT2D eigenvalue weighted by atomic mass is 16.7. The van der Waals surface area contributed by atoms with Crippen LogP contribution in [-0.4, -0.2) is 33.0 Å². The van der Waals surface area contributed by atoms with Crippen LogP contribution in [-0.2, 0) is 9.53 Å². The number of likely N-dealkylation sites (N-methyl/N-ethyl adjacent to an activating group) is 1. The Balaban J connectivity index is 2.15. The molecule has 0 fully saturated rings. The van der Waals surface area contributed by atoms with E-state index in [1.165, 1.54) is 0 Å². The predicted octanol–water partition coefficient (Wildman–Crippen LogP) is 1.72. The van der Waals surface area contributed by atoms with Crippen molar-refractivity contribution in [2.75, 3.05) is 31.9 Å². The van der Waals surface area contributed by atoms with Crippen LogP contribution in [0.25, 0.3) is 0 Å². The van der Waals surface area contributed by atoms with Gasteiger partial charge in [-0.2, -0.15) is 0 Å². The third kappa shape index (κ3) is 2.50. The minimum Gasteiger partial charge on any atom is -0.465 e. The van der Waals surface area contributed by atoms with Crippen LogP contribution >= 0.6 is 0 Å². The zero-order valence-electron chi connectivity index (χ0n) is 10.9. The fourth-order valence-corrected chi connectivity index (χ4v) is 1.93. The van der Waals surface area contributed by atoms with Crippen molar-refractivity contribution in [1.29, 1.82) is 0 Å². The molecule has 5 heteroatoms. The van der Waals surface area contributed by atoms with Crippen LogP contribution in [0.15, 0.2) is 12.1 Å². The number of hydrogen-bond donors (Lipinski definition) is 0. The van der Waals surface area contributed by atoms with Crippen molar-refractivity contribution < 1.29 is 19.0 Å². The number of aryl methyl sites for hydroxylation is 1. The van der Waals surface area contributed by atoms with Gasteiger partial charge in [-0.05, 0) is 25.5 Å². The maximum atomic E-state index is 11.5. The SMILES string of the molecule is CCOC(=O)CN(C)c1cc2c(cc1C)OCO2. The molecule has 0 N–H and O–H groups in total. The number of anilines is 1. The molecule has 1 aliphatic rings. The second kappa shape index (κ2) is 5.16. The first-order chi connectivity index (χ1) is 8.61. The van der Waals surface area contributed by atoms with Crippen molar-refractivity contribution >= 4 is 11.7 Å². The summed E-state index contributed by atoms with van der Waals surface area (Å²) in [5.41, 5.74) is 1.97. The molecule has 1 aliphatic heterocycles. The Bertz CT molecular complexity index is 459. The minimum atomic E-state index is -0.239. The topological polar surface area (TPSA) is 48.0 Å². The smallest absolute Gasteiger partial charge is 0.325 e. The average molecular weight is 251 g/mol. The average Bonchev–Trinajstić information content (AvgIpc) is 2.74. The van der Waals surface area contributed by atoms with E-state index in [0.717, 1.165) is 17.0 Å². The second-order valence-corrected chi connectivity index (χ2v) is 4.15. The van der Waals surface area contributed by atoms with Gasteiger partial charge in [0.25, 0.3) is 0 Å². The van der Waals surface area contributed by atoms with Crippen LogP contribution in [0.4, 0.5) is 5.69 Å². The zero-order chi connectivity index (χ0) is 13.1. The minimum absolute atomic E-state index is 0.217. The van der Waals surface area contributed by atoms with E-state index in [1.807, 2.05) is 31.0 Å². The van der Waals surface area contributed by atoms with Crippen LogP contribution in [0.3, 0.4) is 0 Å². The highest BCUT2D eigenvalue weighted by Gasteiger charge is 2.18. The lowest BCUT2D eigenvalue weighted by atomic mass is 10.1. The Morgan fingerprint density at radius 2 is 2.06 bits per heavy atom. The Kier molecular flexibility index (Phi) is 3.60. The number of esters is 1. The molecule has 1 heterocycles. The lowest BCUT2D eigenvalue weighted by molar-refractivity contribution is -0.141. The zero-order valence-corrected chi connectivity index (χ0v) is 10.9. The number of hydrogen-bond acceptors (Lipinski definition) is 5. The van der Waals surface area contributed by atoms with E-state index >= 15 is 0 Å². The Labute approximate surface area is 106 Å². The Morgan fingerprint density at radius 1 is 1.39 bits per heavy atom. The van der Waals surface area contributed by atoms with Gasteiger partial charge in [-0.15, -0.1) is 0 Å². The molecule has 0 atom stereocenters. The highest BCUT2D eigenvalue weighted by Crippen LogP contribution is 2.37. The molecular formula is C13H17NO4. The molecule has 0 amide bonds. The van der Waals surface area contributed by atoms with E-state index < -0.39 is 0 Å². The van der Waals surface area contributed by atoms with Crippen molar-refractivity contribution in [3.8, 4) is 11.5 Å². The molecule has 1 aromatic carbocycles. The van der Waals surface area contributed by atoms with Crippen LogP contribution in [0.2, 0.25) is 0 Å². The number of fused-ring (bicyclic) bond motifs is 1. The Hall–Kier alpha value is -1.91. The maximum absolute atomic E-state index is 11.5. The molecular weight excluding hydrogens is 234 g/mol. The maximum Gasteiger partial charge on any atom is 0.325 e. The summed E-state index contributed by atoms with van der Waals surface area (Å²) in [6, 6.07) is 3.80. The quantitative estimate of drug-likeness (QED) is 0.763. The van der Waals surface area contributed by atoms with Gasteiger partial charge < -0.3 is 19.1 Å². The van der Waals surface area contributed by atoms with Crippen molar-refractivity contribution in [3.63, 3.8) is 0 Å². The third-order valence-electron chi connectivity index (χ3n) is 2.77. The fraction of sp³-hybridized carbons (Fsp3) is 0.462. The van der Waals surface area contributed by atoms with Crippen LogP contribution < -0.4 is 14.4 Å². The van der Waals surface area contributed by atoms with E-state index in [9.17, 15) is 4.79 Å². The number of nitrogens with zero attached hydrogens (tertiary/aromatic N) is 1. The molecule has 0 radical (unpaired) electrons. The summed E-state index contributed by atoms with van der Waals surface area (Å²) in [6.07, 6.45) is 0. The van der Waals surface area contributed by atoms with Crippen LogP contribution in [0.1, 0.15) is 12.5 Å². The first-order valence-electron chi connectivity index (χ1n) is 5.88. The lowest BCUT2D eigenvalue weighted by Gasteiger charge is -2.20. The molecule has 0 saturated carbocycles. The van der Waals surface area contributed by atoms with Crippen LogP contribution in [0.5, 0.6) is 11.5 Å². The van der Waals surface area contributed by atoms with E-state index in [1.54, 1.807) is 6.92 Å². The molecule has 5 nitrogen and oxygen atoms in total. The van der Waals surface area contributed by atoms with Gasteiger partial charge in [-0.25, -0.2) is 0 Å². The number of carbonyl (C=O) groups excluding carboxylic acids is 1. The molecule has 0 unspecified atom stereocenters. The summed E-state index contributed by atoms with van der Waals surface area (Å²) < 4.78 is 15.6. The normalized spacial score (nSPS) is 12.4. The molecule has 1 aromatic rings. The van der Waals surface area contributed by atoms with Gasteiger partial charge in [0.2, 0.25) is 6.79 Å². The molecule has 18 heavy (non-hydrogen) atoms. The van der Waals surface area contributed by atoms with Crippen molar-refractivity contribution in [2.45, 2.75) is 13.8 Å². The Morgan fingerprint density at radius 3 is 2.72 bits per heavy atom. The molecule has 98 valence electrons. The lowest BCUT2D eigenvalue weighted by Crippen LogP contribution is -2.27. The van der Waals surface area contributed by atoms with Crippen molar-refractivity contribution in [3.05, 3.63) is 17.7 Å². The van der Waals surface area contributed by atoms with Gasteiger partial charge in [0.1, 0.15) is 6.54 Å². The summed E-state index contributed by atoms with van der Waals surface area (Å²) in [6.45, 7) is 4.63. The van der Waals surface area contributed by atoms with Gasteiger partial charge in [-0.3, -0.25) is 4.79 Å². The largest absolute Gasteiger partial charge is 0.465 e. The summed E-state index contributed by atoms with van der Waals surface area (Å²) in [5, 5.41) is 0. The molecule has 0 aromatic heterocycles. The van der Waals surface area contributed by atoms with Crippen molar-refractivity contribution in [1.82, 2.24) is 0 Å². The second-order valence-electron chi connectivity index (χ2n) is 4.15. The number of carbonyl (C=O) groups is 1. The third-order valence-corrected chi connectivity index (χ3v) is 2.77. The van der Waals surface area contributed by atoms with Gasteiger partial charge in [0.15, 0.2) is 11.5 Å². The van der Waals surface area contributed by atoms with Gasteiger partial charge in [-0.1, -0.05) is 0 Å². The van der Waals surface area contributed by atoms with E-state index in [2.05, 4.69) is 0 Å². The number of benzene rings is 1. The summed E-state index contributed by atoms with van der Waals surface area (Å²) in [7, 11) is 1.85. The number of rotatable bonds is 4. The van der Waals surface area contributed by atoms with E-state index in [0.29, 0.717) is 12.4 Å². The standard InChI is InChI=1S/C13H17NO4/c1-4-16-13(15)7-14(3)10-6-12-11(5-9(10)2)17-8-18-12/h5-6H,4,7-8H2,1-3H3. The molecule has 2 rings (SSSR count). The fourth-order valence-electron chi connectivity index (χ4n) is 1.93. The first-order valence-corrected chi connectivity index (χ1v) is 5.88. The highest BCUT2D eigenvalue weighted by molar-refractivity contribution is 5.76. The predicted molar refractivity (Wildman–Crippen MR) is 67.2 cm³/mol. The van der Waals surface area contributed by atoms with E-state index in [-0.39, 0.29) is 19.3 Å². The van der Waals surface area contributed by atoms with E-state index in [4.69, 9.17) is 14.2 Å². The summed E-state index contributed by atoms with van der Waals surface area (Å²) >= 11 is 0. The van der Waals surface area contributed by atoms with Crippen LogP contribution in [0, 0.1) is 6.92 Å². The van der Waals surface area contributed by atoms with Gasteiger partial charge >= 0.3 is 5.97 Å². The monoisotopic (exact) mass is 251 g/mol.